The first kappa shape index (κ1) is 14.3. The molecule has 1 aliphatic carbocycles. The maximum atomic E-state index is 10.9. The van der Waals surface area contributed by atoms with E-state index in [-0.39, 0.29) is 5.69 Å². The number of benzene rings is 1. The van der Waals surface area contributed by atoms with Crippen molar-refractivity contribution in [2.75, 3.05) is 5.73 Å². The Hall–Kier alpha value is -2.10. The Morgan fingerprint density at radius 1 is 1.55 bits per heavy atom. The molecule has 4 heteroatoms. The summed E-state index contributed by atoms with van der Waals surface area (Å²) >= 11 is 0. The zero-order chi connectivity index (χ0) is 14.7. The van der Waals surface area contributed by atoms with Crippen molar-refractivity contribution in [1.29, 1.82) is 0 Å². The van der Waals surface area contributed by atoms with E-state index in [9.17, 15) is 10.1 Å². The molecule has 1 aromatic carbocycles. The summed E-state index contributed by atoms with van der Waals surface area (Å²) < 4.78 is 0. The number of nitrogens with two attached hydrogens (primary N) is 1. The maximum absolute atomic E-state index is 10.9. The molecule has 2 rings (SSSR count). The van der Waals surface area contributed by atoms with Crippen molar-refractivity contribution in [1.82, 2.24) is 0 Å². The molecule has 0 saturated heterocycles. The molecule has 1 aliphatic rings. The normalized spacial score (nSPS) is 18.4. The molecule has 1 unspecified atom stereocenters. The number of nitro benzene ring substituents is 1. The second-order valence-corrected chi connectivity index (χ2v) is 5.29. The van der Waals surface area contributed by atoms with Gasteiger partial charge in [-0.25, -0.2) is 0 Å². The van der Waals surface area contributed by atoms with Gasteiger partial charge in [-0.2, -0.15) is 0 Å². The van der Waals surface area contributed by atoms with Gasteiger partial charge in [0.25, 0.3) is 5.69 Å². The number of allylic oxidation sites excluding steroid dienone is 3. The molecule has 0 radical (unpaired) electrons. The average molecular weight is 272 g/mol. The van der Waals surface area contributed by atoms with Crippen molar-refractivity contribution in [3.63, 3.8) is 0 Å². The lowest BCUT2D eigenvalue weighted by molar-refractivity contribution is -0.384. The van der Waals surface area contributed by atoms with Crippen molar-refractivity contribution >= 4 is 16.9 Å². The van der Waals surface area contributed by atoms with Crippen LogP contribution in [0.4, 0.5) is 11.4 Å². The Morgan fingerprint density at radius 2 is 2.30 bits per heavy atom. The van der Waals surface area contributed by atoms with E-state index in [1.54, 1.807) is 6.07 Å². The molecule has 0 aromatic heterocycles. The molecule has 0 amide bonds. The topological polar surface area (TPSA) is 69.2 Å². The summed E-state index contributed by atoms with van der Waals surface area (Å²) in [6, 6.07) is 4.52. The zero-order valence-electron chi connectivity index (χ0n) is 11.8. The van der Waals surface area contributed by atoms with E-state index in [0.717, 1.165) is 30.8 Å². The molecule has 0 fully saturated rings. The lowest BCUT2D eigenvalue weighted by atomic mass is 9.83. The predicted molar refractivity (Wildman–Crippen MR) is 82.3 cm³/mol. The van der Waals surface area contributed by atoms with Crippen molar-refractivity contribution in [3.05, 3.63) is 52.1 Å². The molecule has 1 aromatic rings. The van der Waals surface area contributed by atoms with E-state index < -0.39 is 4.92 Å². The summed E-state index contributed by atoms with van der Waals surface area (Å²) in [7, 11) is 0. The Kier molecular flexibility index (Phi) is 4.23. The van der Waals surface area contributed by atoms with Crippen LogP contribution in [0.2, 0.25) is 0 Å². The van der Waals surface area contributed by atoms with Crippen LogP contribution in [0, 0.1) is 16.0 Å². The molecule has 1 atom stereocenters. The van der Waals surface area contributed by atoms with Crippen molar-refractivity contribution in [2.45, 2.75) is 32.6 Å². The van der Waals surface area contributed by atoms with Crippen LogP contribution >= 0.6 is 0 Å². The second-order valence-electron chi connectivity index (χ2n) is 5.29. The molecule has 0 saturated carbocycles. The van der Waals surface area contributed by atoms with Gasteiger partial charge in [0.15, 0.2) is 0 Å². The van der Waals surface area contributed by atoms with Crippen LogP contribution in [-0.2, 0) is 0 Å². The third kappa shape index (κ3) is 2.90. The molecule has 20 heavy (non-hydrogen) atoms. The molecule has 0 heterocycles. The van der Waals surface area contributed by atoms with Crippen LogP contribution in [0.25, 0.3) is 5.57 Å². The monoisotopic (exact) mass is 272 g/mol. The lowest BCUT2D eigenvalue weighted by Crippen LogP contribution is -2.06. The predicted octanol–water partition coefficient (Wildman–Crippen LogP) is 4.33. The molecule has 2 N–H and O–H groups in total. The fraction of sp³-hybridized carbons (Fsp3) is 0.375. The highest BCUT2D eigenvalue weighted by molar-refractivity contribution is 5.84. The summed E-state index contributed by atoms with van der Waals surface area (Å²) in [4.78, 5) is 10.5. The highest BCUT2D eigenvalue weighted by Crippen LogP contribution is 2.36. The largest absolute Gasteiger partial charge is 0.398 e. The summed E-state index contributed by atoms with van der Waals surface area (Å²) in [5, 5.41) is 10.9. The van der Waals surface area contributed by atoms with Gasteiger partial charge >= 0.3 is 0 Å². The number of nitro groups is 1. The summed E-state index contributed by atoms with van der Waals surface area (Å²) in [5.74, 6) is 0.744. The van der Waals surface area contributed by atoms with Gasteiger partial charge in [0.2, 0.25) is 0 Å². The van der Waals surface area contributed by atoms with Crippen LogP contribution in [0.3, 0.4) is 0 Å². The Morgan fingerprint density at radius 3 is 2.85 bits per heavy atom. The van der Waals surface area contributed by atoms with Gasteiger partial charge in [0, 0.05) is 23.4 Å². The third-order valence-electron chi connectivity index (χ3n) is 4.06. The standard InChI is InChI=1S/C16H20N2O2/c1-3-12-4-6-13(7-5-12)11(2)15-10-14(18(19)20)8-9-16(15)17/h6,8-10,12H,2-5,7,17H2,1H3. The Labute approximate surface area is 119 Å². The van der Waals surface area contributed by atoms with Crippen molar-refractivity contribution < 1.29 is 4.92 Å². The first-order chi connectivity index (χ1) is 9.52. The number of hydrogen-bond acceptors (Lipinski definition) is 3. The van der Waals surface area contributed by atoms with Crippen LogP contribution in [0.15, 0.2) is 36.4 Å². The number of nitrogen functional groups attached to an aromatic ring is 1. The summed E-state index contributed by atoms with van der Waals surface area (Å²) in [5.41, 5.74) is 9.20. The van der Waals surface area contributed by atoms with Gasteiger partial charge < -0.3 is 5.73 Å². The highest BCUT2D eigenvalue weighted by atomic mass is 16.6. The minimum Gasteiger partial charge on any atom is -0.398 e. The fourth-order valence-electron chi connectivity index (χ4n) is 2.63. The van der Waals surface area contributed by atoms with E-state index in [0.29, 0.717) is 11.3 Å². The molecule has 0 aliphatic heterocycles. The summed E-state index contributed by atoms with van der Waals surface area (Å²) in [6.07, 6.45) is 6.57. The van der Waals surface area contributed by atoms with Gasteiger partial charge in [-0.3, -0.25) is 10.1 Å². The molecule has 0 bridgehead atoms. The Bertz CT molecular complexity index is 576. The second kappa shape index (κ2) is 5.90. The van der Waals surface area contributed by atoms with Crippen LogP contribution in [0.5, 0.6) is 0 Å². The van der Waals surface area contributed by atoms with E-state index in [1.807, 2.05) is 0 Å². The van der Waals surface area contributed by atoms with Crippen molar-refractivity contribution in [3.8, 4) is 0 Å². The fourth-order valence-corrected chi connectivity index (χ4v) is 2.63. The molecular formula is C16H20N2O2. The number of hydrogen-bond donors (Lipinski definition) is 1. The minimum atomic E-state index is -0.404. The number of anilines is 1. The van der Waals surface area contributed by atoms with Crippen LogP contribution in [0.1, 0.15) is 38.2 Å². The van der Waals surface area contributed by atoms with Gasteiger partial charge in [-0.1, -0.05) is 26.0 Å². The van der Waals surface area contributed by atoms with Gasteiger partial charge in [0.05, 0.1) is 4.92 Å². The highest BCUT2D eigenvalue weighted by Gasteiger charge is 2.18. The SMILES string of the molecule is C=C(C1=CCC(CC)CC1)c1cc([N+](=O)[O-])ccc1N. The summed E-state index contributed by atoms with van der Waals surface area (Å²) in [6.45, 7) is 6.30. The maximum Gasteiger partial charge on any atom is 0.270 e. The third-order valence-corrected chi connectivity index (χ3v) is 4.06. The number of non-ortho nitro benzene ring substituents is 1. The smallest absolute Gasteiger partial charge is 0.270 e. The molecule has 4 nitrogen and oxygen atoms in total. The lowest BCUT2D eigenvalue weighted by Gasteiger charge is -2.22. The quantitative estimate of drug-likeness (QED) is 0.504. The number of rotatable bonds is 4. The van der Waals surface area contributed by atoms with Crippen LogP contribution in [-0.4, -0.2) is 4.92 Å². The first-order valence-corrected chi connectivity index (χ1v) is 6.95. The van der Waals surface area contributed by atoms with E-state index in [1.165, 1.54) is 24.1 Å². The first-order valence-electron chi connectivity index (χ1n) is 6.95. The average Bonchev–Trinajstić information content (AvgIpc) is 2.47. The van der Waals surface area contributed by atoms with Gasteiger partial charge in [0.1, 0.15) is 0 Å². The molecule has 106 valence electrons. The molecular weight excluding hydrogens is 252 g/mol. The van der Waals surface area contributed by atoms with E-state index in [4.69, 9.17) is 5.73 Å². The minimum absolute atomic E-state index is 0.0539. The van der Waals surface area contributed by atoms with E-state index >= 15 is 0 Å². The Balaban J connectivity index is 2.27. The van der Waals surface area contributed by atoms with E-state index in [2.05, 4.69) is 19.6 Å². The molecule has 0 spiro atoms. The van der Waals surface area contributed by atoms with Crippen LogP contribution < -0.4 is 5.73 Å². The van der Waals surface area contributed by atoms with Crippen molar-refractivity contribution in [2.24, 2.45) is 5.92 Å². The van der Waals surface area contributed by atoms with Gasteiger partial charge in [-0.15, -0.1) is 0 Å². The zero-order valence-corrected chi connectivity index (χ0v) is 11.8. The van der Waals surface area contributed by atoms with Gasteiger partial charge in [-0.05, 0) is 42.4 Å². The number of nitrogens with zero attached hydrogens (tertiary/aromatic N) is 1.